The van der Waals surface area contributed by atoms with E-state index in [1.54, 1.807) is 0 Å². The van der Waals surface area contributed by atoms with Crippen LogP contribution in [-0.4, -0.2) is 11.2 Å². The summed E-state index contributed by atoms with van der Waals surface area (Å²) in [6, 6.07) is 0. The lowest BCUT2D eigenvalue weighted by molar-refractivity contribution is -0.304. The van der Waals surface area contributed by atoms with E-state index in [9.17, 15) is 9.90 Å². The summed E-state index contributed by atoms with van der Waals surface area (Å²) in [5, 5.41) is 9.44. The van der Waals surface area contributed by atoms with E-state index in [0.29, 0.717) is 6.42 Å². The van der Waals surface area contributed by atoms with E-state index in [1.807, 2.05) is 6.92 Å². The van der Waals surface area contributed by atoms with Crippen LogP contribution in [0.1, 0.15) is 26.2 Å². The summed E-state index contributed by atoms with van der Waals surface area (Å²) in [6.45, 7) is 2.01. The Morgan fingerprint density at radius 3 is 2.67 bits per heavy atom. The number of carbonyl (C=O) groups is 1. The molecule has 0 aromatic rings. The van der Waals surface area contributed by atoms with Gasteiger partial charge in [0.05, 0.1) is 5.97 Å². The van der Waals surface area contributed by atoms with Crippen LogP contribution in [0.3, 0.4) is 0 Å². The summed E-state index contributed by atoms with van der Waals surface area (Å²) < 4.78 is 0. The maximum absolute atomic E-state index is 10.0. The average Bonchev–Trinajstić information content (AvgIpc) is 1.82. The fourth-order valence-electron chi connectivity index (χ4n) is 0.515. The lowest BCUT2D eigenvalue weighted by atomic mass is 10.2. The maximum atomic E-state index is 10.0. The van der Waals surface area contributed by atoms with Crippen molar-refractivity contribution in [3.8, 4) is 0 Å². The normalized spacial score (nSPS) is 13.1. The molecular formula is C6H11O2S-. The molecule has 1 atom stereocenters. The summed E-state index contributed by atoms with van der Waals surface area (Å²) in [5.41, 5.74) is 0. The molecule has 0 bridgehead atoms. The number of thiol groups is 1. The van der Waals surface area contributed by atoms with Crippen LogP contribution in [-0.2, 0) is 4.79 Å². The second kappa shape index (κ2) is 4.68. The molecule has 3 heteroatoms. The van der Waals surface area contributed by atoms with Crippen LogP contribution in [0, 0.1) is 0 Å². The molecule has 2 nitrogen and oxygen atoms in total. The fourth-order valence-corrected chi connectivity index (χ4v) is 0.698. The maximum Gasteiger partial charge on any atom is 0.0541 e. The van der Waals surface area contributed by atoms with Crippen LogP contribution < -0.4 is 5.11 Å². The monoisotopic (exact) mass is 147 g/mol. The zero-order valence-corrected chi connectivity index (χ0v) is 6.36. The molecule has 0 N–H and O–H groups in total. The zero-order chi connectivity index (χ0) is 7.28. The molecule has 0 heterocycles. The van der Waals surface area contributed by atoms with Crippen molar-refractivity contribution in [1.82, 2.24) is 0 Å². The Bertz CT molecular complexity index is 93.1. The van der Waals surface area contributed by atoms with Gasteiger partial charge < -0.3 is 9.90 Å². The summed E-state index contributed by atoms with van der Waals surface area (Å²) in [4.78, 5) is 10.0. The van der Waals surface area contributed by atoms with Crippen molar-refractivity contribution in [2.24, 2.45) is 0 Å². The molecule has 0 amide bonds. The van der Waals surface area contributed by atoms with Crippen LogP contribution in [0.2, 0.25) is 0 Å². The molecule has 54 valence electrons. The number of carboxylic acid groups (broad SMARTS) is 1. The largest absolute Gasteiger partial charge is 0.549 e. The number of rotatable bonds is 4. The SMILES string of the molecule is CCCCC(S)C(=O)[O-]. The molecule has 0 aromatic carbocycles. The third-order valence-corrected chi connectivity index (χ3v) is 1.57. The van der Waals surface area contributed by atoms with Crippen LogP contribution in [0.15, 0.2) is 0 Å². The smallest absolute Gasteiger partial charge is 0.0541 e. The number of unbranched alkanes of at least 4 members (excludes halogenated alkanes) is 1. The van der Waals surface area contributed by atoms with Crippen molar-refractivity contribution in [2.75, 3.05) is 0 Å². The second-order valence-corrected chi connectivity index (χ2v) is 2.60. The summed E-state index contributed by atoms with van der Waals surface area (Å²) >= 11 is 3.80. The molecule has 0 saturated carbocycles. The second-order valence-electron chi connectivity index (χ2n) is 1.98. The van der Waals surface area contributed by atoms with Gasteiger partial charge in [-0.05, 0) is 6.42 Å². The molecule has 0 saturated heterocycles. The summed E-state index contributed by atoms with van der Waals surface area (Å²) in [7, 11) is 0. The van der Waals surface area contributed by atoms with E-state index in [1.165, 1.54) is 0 Å². The van der Waals surface area contributed by atoms with Crippen LogP contribution in [0.4, 0.5) is 0 Å². The van der Waals surface area contributed by atoms with Gasteiger partial charge in [0.1, 0.15) is 0 Å². The topological polar surface area (TPSA) is 40.1 Å². The molecule has 0 spiro atoms. The Balaban J connectivity index is 3.27. The molecular weight excluding hydrogens is 136 g/mol. The molecule has 9 heavy (non-hydrogen) atoms. The highest BCUT2D eigenvalue weighted by Crippen LogP contribution is 2.04. The van der Waals surface area contributed by atoms with Crippen LogP contribution >= 0.6 is 12.6 Å². The Morgan fingerprint density at radius 1 is 1.78 bits per heavy atom. The lowest BCUT2D eigenvalue weighted by Gasteiger charge is -2.09. The minimum absolute atomic E-state index is 0.579. The molecule has 0 fully saturated rings. The number of carbonyl (C=O) groups excluding carboxylic acids is 1. The van der Waals surface area contributed by atoms with Gasteiger partial charge in [0, 0.05) is 5.25 Å². The lowest BCUT2D eigenvalue weighted by Crippen LogP contribution is -2.31. The highest BCUT2D eigenvalue weighted by molar-refractivity contribution is 7.81. The van der Waals surface area contributed by atoms with Gasteiger partial charge in [0.2, 0.25) is 0 Å². The van der Waals surface area contributed by atoms with E-state index in [-0.39, 0.29) is 0 Å². The van der Waals surface area contributed by atoms with E-state index in [0.717, 1.165) is 12.8 Å². The van der Waals surface area contributed by atoms with E-state index in [4.69, 9.17) is 0 Å². The van der Waals surface area contributed by atoms with Gasteiger partial charge in [0.15, 0.2) is 0 Å². The van der Waals surface area contributed by atoms with Gasteiger partial charge in [-0.3, -0.25) is 0 Å². The first-order chi connectivity index (χ1) is 4.18. The van der Waals surface area contributed by atoms with Crippen molar-refractivity contribution < 1.29 is 9.90 Å². The molecule has 0 aliphatic rings. The quantitative estimate of drug-likeness (QED) is 0.578. The Morgan fingerprint density at radius 2 is 2.33 bits per heavy atom. The third-order valence-electron chi connectivity index (χ3n) is 1.10. The molecule has 0 radical (unpaired) electrons. The molecule has 1 unspecified atom stereocenters. The van der Waals surface area contributed by atoms with Gasteiger partial charge in [-0.25, -0.2) is 0 Å². The van der Waals surface area contributed by atoms with Crippen LogP contribution in [0.5, 0.6) is 0 Å². The molecule has 0 aliphatic carbocycles. The van der Waals surface area contributed by atoms with Gasteiger partial charge in [0.25, 0.3) is 0 Å². The van der Waals surface area contributed by atoms with Crippen LogP contribution in [0.25, 0.3) is 0 Å². The molecule has 0 aromatic heterocycles. The van der Waals surface area contributed by atoms with Gasteiger partial charge in [-0.2, -0.15) is 12.6 Å². The number of hydrogen-bond donors (Lipinski definition) is 1. The minimum Gasteiger partial charge on any atom is -0.549 e. The number of carboxylic acids is 1. The van der Waals surface area contributed by atoms with Crippen molar-refractivity contribution in [2.45, 2.75) is 31.4 Å². The fraction of sp³-hybridized carbons (Fsp3) is 0.833. The summed E-state index contributed by atoms with van der Waals surface area (Å²) in [6.07, 6.45) is 2.52. The Labute approximate surface area is 60.7 Å². The Hall–Kier alpha value is -0.180. The highest BCUT2D eigenvalue weighted by atomic mass is 32.1. The van der Waals surface area contributed by atoms with Gasteiger partial charge in [-0.15, -0.1) is 0 Å². The zero-order valence-electron chi connectivity index (χ0n) is 5.46. The molecule has 0 rings (SSSR count). The Kier molecular flexibility index (Phi) is 4.58. The predicted molar refractivity (Wildman–Crippen MR) is 37.3 cm³/mol. The predicted octanol–water partition coefficient (Wildman–Crippen LogP) is 0.225. The van der Waals surface area contributed by atoms with E-state index in [2.05, 4.69) is 12.6 Å². The first kappa shape index (κ1) is 8.82. The van der Waals surface area contributed by atoms with E-state index < -0.39 is 11.2 Å². The van der Waals surface area contributed by atoms with Crippen molar-refractivity contribution in [1.29, 1.82) is 0 Å². The molecule has 0 aliphatic heterocycles. The third kappa shape index (κ3) is 4.33. The summed E-state index contributed by atoms with van der Waals surface area (Å²) in [5.74, 6) is -1.06. The van der Waals surface area contributed by atoms with Gasteiger partial charge in [-0.1, -0.05) is 19.8 Å². The highest BCUT2D eigenvalue weighted by Gasteiger charge is 2.00. The first-order valence-corrected chi connectivity index (χ1v) is 3.59. The van der Waals surface area contributed by atoms with E-state index >= 15 is 0 Å². The standard InChI is InChI=1S/C6H12O2S/c1-2-3-4-5(9)6(7)8/h5,9H,2-4H2,1H3,(H,7,8)/p-1. The van der Waals surface area contributed by atoms with Gasteiger partial charge >= 0.3 is 0 Å². The van der Waals surface area contributed by atoms with Crippen molar-refractivity contribution in [3.63, 3.8) is 0 Å². The average molecular weight is 147 g/mol. The van der Waals surface area contributed by atoms with Crippen molar-refractivity contribution in [3.05, 3.63) is 0 Å². The number of hydrogen-bond acceptors (Lipinski definition) is 3. The van der Waals surface area contributed by atoms with Crippen molar-refractivity contribution >= 4 is 18.6 Å². The minimum atomic E-state index is -1.06. The first-order valence-electron chi connectivity index (χ1n) is 3.07. The number of aliphatic carboxylic acids is 1.